The van der Waals surface area contributed by atoms with E-state index in [1.807, 2.05) is 13.8 Å². The summed E-state index contributed by atoms with van der Waals surface area (Å²) in [6, 6.07) is 7.12. The smallest absolute Gasteiger partial charge is 0.252 e. The first-order valence-corrected chi connectivity index (χ1v) is 6.32. The summed E-state index contributed by atoms with van der Waals surface area (Å²) in [5, 5.41) is 0. The molecular formula is C14H22N2O3. The van der Waals surface area contributed by atoms with Gasteiger partial charge in [-0.05, 0) is 38.1 Å². The summed E-state index contributed by atoms with van der Waals surface area (Å²) in [4.78, 5) is 13.4. The number of hydrogen-bond donors (Lipinski definition) is 1. The minimum Gasteiger partial charge on any atom is -0.399 e. The SMILES string of the molecule is CC(C)OCCOCC(=O)N(C)c1ccc(N)cc1. The number of nitrogens with zero attached hydrogens (tertiary/aromatic N) is 1. The highest BCUT2D eigenvalue weighted by atomic mass is 16.5. The maximum absolute atomic E-state index is 11.9. The van der Waals surface area contributed by atoms with E-state index in [9.17, 15) is 4.79 Å². The zero-order chi connectivity index (χ0) is 14.3. The first kappa shape index (κ1) is 15.5. The second kappa shape index (κ2) is 7.76. The molecule has 1 rings (SSSR count). The van der Waals surface area contributed by atoms with Crippen LogP contribution >= 0.6 is 0 Å². The third-order valence-electron chi connectivity index (χ3n) is 2.56. The average Bonchev–Trinajstić information content (AvgIpc) is 2.37. The molecule has 5 heteroatoms. The number of hydrogen-bond acceptors (Lipinski definition) is 4. The summed E-state index contributed by atoms with van der Waals surface area (Å²) in [5.41, 5.74) is 7.06. The van der Waals surface area contributed by atoms with Crippen LogP contribution in [0.3, 0.4) is 0 Å². The van der Waals surface area contributed by atoms with Crippen LogP contribution in [0.25, 0.3) is 0 Å². The molecule has 5 nitrogen and oxygen atoms in total. The molecule has 106 valence electrons. The van der Waals surface area contributed by atoms with E-state index < -0.39 is 0 Å². The summed E-state index contributed by atoms with van der Waals surface area (Å²) in [7, 11) is 1.71. The third kappa shape index (κ3) is 5.72. The Bertz CT molecular complexity index is 390. The Labute approximate surface area is 114 Å². The molecule has 0 saturated carbocycles. The van der Waals surface area contributed by atoms with Gasteiger partial charge in [0.15, 0.2) is 0 Å². The normalized spacial score (nSPS) is 10.7. The van der Waals surface area contributed by atoms with Gasteiger partial charge in [0, 0.05) is 18.4 Å². The van der Waals surface area contributed by atoms with Crippen molar-refractivity contribution in [3.63, 3.8) is 0 Å². The third-order valence-corrected chi connectivity index (χ3v) is 2.56. The lowest BCUT2D eigenvalue weighted by Crippen LogP contribution is -2.30. The fraction of sp³-hybridized carbons (Fsp3) is 0.500. The van der Waals surface area contributed by atoms with E-state index in [-0.39, 0.29) is 18.6 Å². The quantitative estimate of drug-likeness (QED) is 0.602. The van der Waals surface area contributed by atoms with Crippen molar-refractivity contribution >= 4 is 17.3 Å². The number of amides is 1. The number of ether oxygens (including phenoxy) is 2. The predicted molar refractivity (Wildman–Crippen MR) is 76.2 cm³/mol. The Hall–Kier alpha value is -1.59. The van der Waals surface area contributed by atoms with Crippen LogP contribution in [0.4, 0.5) is 11.4 Å². The van der Waals surface area contributed by atoms with Crippen molar-refractivity contribution in [3.05, 3.63) is 24.3 Å². The number of carbonyl (C=O) groups excluding carboxylic acids is 1. The first-order valence-electron chi connectivity index (χ1n) is 6.32. The number of carbonyl (C=O) groups is 1. The monoisotopic (exact) mass is 266 g/mol. The molecule has 0 unspecified atom stereocenters. The van der Waals surface area contributed by atoms with Gasteiger partial charge in [0.1, 0.15) is 6.61 Å². The van der Waals surface area contributed by atoms with E-state index in [4.69, 9.17) is 15.2 Å². The average molecular weight is 266 g/mol. The van der Waals surface area contributed by atoms with Gasteiger partial charge in [0.05, 0.1) is 19.3 Å². The van der Waals surface area contributed by atoms with Crippen LogP contribution in [0.1, 0.15) is 13.8 Å². The van der Waals surface area contributed by atoms with Crippen molar-refractivity contribution in [2.45, 2.75) is 20.0 Å². The first-order chi connectivity index (χ1) is 9.00. The predicted octanol–water partition coefficient (Wildman–Crippen LogP) is 1.67. The van der Waals surface area contributed by atoms with Crippen LogP contribution in [0.2, 0.25) is 0 Å². The van der Waals surface area contributed by atoms with Crippen molar-refractivity contribution in [1.82, 2.24) is 0 Å². The van der Waals surface area contributed by atoms with Crippen molar-refractivity contribution in [2.24, 2.45) is 0 Å². The fourth-order valence-corrected chi connectivity index (χ4v) is 1.44. The van der Waals surface area contributed by atoms with Crippen molar-refractivity contribution < 1.29 is 14.3 Å². The summed E-state index contributed by atoms with van der Waals surface area (Å²) < 4.78 is 10.6. The summed E-state index contributed by atoms with van der Waals surface area (Å²) >= 11 is 0. The number of rotatable bonds is 7. The molecule has 0 atom stereocenters. The second-order valence-electron chi connectivity index (χ2n) is 4.52. The maximum Gasteiger partial charge on any atom is 0.252 e. The minimum absolute atomic E-state index is 0.0440. The van der Waals surface area contributed by atoms with Gasteiger partial charge < -0.3 is 20.1 Å². The van der Waals surface area contributed by atoms with Crippen molar-refractivity contribution in [1.29, 1.82) is 0 Å². The lowest BCUT2D eigenvalue weighted by molar-refractivity contribution is -0.123. The topological polar surface area (TPSA) is 64.8 Å². The van der Waals surface area contributed by atoms with E-state index in [0.717, 1.165) is 5.69 Å². The van der Waals surface area contributed by atoms with Gasteiger partial charge in [0.25, 0.3) is 5.91 Å². The number of nitrogen functional groups attached to an aromatic ring is 1. The van der Waals surface area contributed by atoms with Crippen molar-refractivity contribution in [2.75, 3.05) is 37.5 Å². The molecule has 0 spiro atoms. The Kier molecular flexibility index (Phi) is 6.32. The van der Waals surface area contributed by atoms with Crippen LogP contribution in [-0.2, 0) is 14.3 Å². The van der Waals surface area contributed by atoms with E-state index in [0.29, 0.717) is 18.9 Å². The van der Waals surface area contributed by atoms with Crippen LogP contribution in [0.5, 0.6) is 0 Å². The molecule has 1 aromatic carbocycles. The fourth-order valence-electron chi connectivity index (χ4n) is 1.44. The van der Waals surface area contributed by atoms with Crippen LogP contribution < -0.4 is 10.6 Å². The van der Waals surface area contributed by atoms with E-state index in [1.54, 1.807) is 36.2 Å². The number of likely N-dealkylation sites (N-methyl/N-ethyl adjacent to an activating group) is 1. The largest absolute Gasteiger partial charge is 0.399 e. The van der Waals surface area contributed by atoms with E-state index >= 15 is 0 Å². The van der Waals surface area contributed by atoms with E-state index in [1.165, 1.54) is 0 Å². The van der Waals surface area contributed by atoms with Gasteiger partial charge in [-0.3, -0.25) is 4.79 Å². The van der Waals surface area contributed by atoms with Crippen molar-refractivity contribution in [3.8, 4) is 0 Å². The highest BCUT2D eigenvalue weighted by Gasteiger charge is 2.10. The summed E-state index contributed by atoms with van der Waals surface area (Å²) in [6.45, 7) is 4.87. The molecule has 1 aromatic rings. The highest BCUT2D eigenvalue weighted by Crippen LogP contribution is 2.14. The summed E-state index contributed by atoms with van der Waals surface area (Å²) in [5.74, 6) is -0.102. The second-order valence-corrected chi connectivity index (χ2v) is 4.52. The molecular weight excluding hydrogens is 244 g/mol. The molecule has 0 aromatic heterocycles. The number of anilines is 2. The molecule has 0 fully saturated rings. The molecule has 0 heterocycles. The standard InChI is InChI=1S/C14H22N2O3/c1-11(2)19-9-8-18-10-14(17)16(3)13-6-4-12(15)5-7-13/h4-7,11H,8-10,15H2,1-3H3. The molecule has 0 saturated heterocycles. The minimum atomic E-state index is -0.102. The van der Waals surface area contributed by atoms with Gasteiger partial charge in [-0.1, -0.05) is 0 Å². The van der Waals surface area contributed by atoms with Crippen LogP contribution in [-0.4, -0.2) is 38.9 Å². The molecule has 0 aliphatic rings. The van der Waals surface area contributed by atoms with Crippen LogP contribution in [0, 0.1) is 0 Å². The highest BCUT2D eigenvalue weighted by molar-refractivity contribution is 5.93. The zero-order valence-corrected chi connectivity index (χ0v) is 11.8. The Morgan fingerprint density at radius 1 is 1.26 bits per heavy atom. The van der Waals surface area contributed by atoms with Crippen LogP contribution in [0.15, 0.2) is 24.3 Å². The van der Waals surface area contributed by atoms with Gasteiger partial charge in [-0.2, -0.15) is 0 Å². The van der Waals surface area contributed by atoms with Gasteiger partial charge in [-0.25, -0.2) is 0 Å². The van der Waals surface area contributed by atoms with Gasteiger partial charge in [-0.15, -0.1) is 0 Å². The summed E-state index contributed by atoms with van der Waals surface area (Å²) in [6.07, 6.45) is 0.178. The molecule has 0 aliphatic heterocycles. The molecule has 0 bridgehead atoms. The lowest BCUT2D eigenvalue weighted by Gasteiger charge is -2.17. The molecule has 19 heavy (non-hydrogen) atoms. The van der Waals surface area contributed by atoms with E-state index in [2.05, 4.69) is 0 Å². The Balaban J connectivity index is 2.31. The number of benzene rings is 1. The maximum atomic E-state index is 11.9. The van der Waals surface area contributed by atoms with Gasteiger partial charge in [0.2, 0.25) is 0 Å². The molecule has 0 radical (unpaired) electrons. The Morgan fingerprint density at radius 2 is 1.89 bits per heavy atom. The lowest BCUT2D eigenvalue weighted by atomic mass is 10.2. The van der Waals surface area contributed by atoms with Gasteiger partial charge >= 0.3 is 0 Å². The molecule has 1 amide bonds. The Morgan fingerprint density at radius 3 is 2.47 bits per heavy atom. The molecule has 0 aliphatic carbocycles. The molecule has 2 N–H and O–H groups in total. The zero-order valence-electron chi connectivity index (χ0n) is 11.8. The number of nitrogens with two attached hydrogens (primary N) is 1.